The molecule has 13 nitrogen and oxygen atoms in total. The molecule has 5 aromatic rings. The third kappa shape index (κ3) is 11.3. The molecule has 6 rings (SSSR count). The summed E-state index contributed by atoms with van der Waals surface area (Å²) >= 11 is 0. The van der Waals surface area contributed by atoms with Crippen LogP contribution in [0.4, 0.5) is 21.9 Å². The number of esters is 1. The predicted octanol–water partition coefficient (Wildman–Crippen LogP) is 6.67. The molecule has 0 bridgehead atoms. The van der Waals surface area contributed by atoms with E-state index in [9.17, 15) is 27.6 Å². The number of benzene rings is 5. The number of para-hydroxylation sites is 1. The molecule has 2 unspecified atom stereocenters. The third-order valence-electron chi connectivity index (χ3n) is 9.46. The van der Waals surface area contributed by atoms with Crippen molar-refractivity contribution >= 4 is 50.9 Å². The van der Waals surface area contributed by atoms with E-state index >= 15 is 0 Å². The number of nitrogens with zero attached hydrogens (tertiary/aromatic N) is 1. The van der Waals surface area contributed by atoms with Crippen LogP contribution in [0, 0.1) is 6.92 Å². The van der Waals surface area contributed by atoms with E-state index in [0.717, 1.165) is 16.7 Å². The number of carbonyl (C=O) groups is 4. The predicted molar refractivity (Wildman–Crippen MR) is 221 cm³/mol. The van der Waals surface area contributed by atoms with Gasteiger partial charge in [0.2, 0.25) is 21.8 Å². The molecule has 0 aromatic heterocycles. The van der Waals surface area contributed by atoms with E-state index in [2.05, 4.69) is 21.3 Å². The highest BCUT2D eigenvalue weighted by molar-refractivity contribution is 7.89. The molecule has 2 atom stereocenters. The van der Waals surface area contributed by atoms with Crippen molar-refractivity contribution in [1.29, 1.82) is 0 Å². The Bertz CT molecular complexity index is 2290. The quantitative estimate of drug-likeness (QED) is 0.0802. The minimum absolute atomic E-state index is 0.00574. The standard InChI is InChI=1S/C44H45N5O8S/c1-31-11-8-9-16-38(31)48-44(53)46-35-20-18-32(19-21-35)29-41(50)45-34-22-24-36(25-23-34)56-28-26-39(43(52)57-30-33-12-4-2-5-13-33)47-42(51)40-17-10-27-49(40)58(54,55)37-14-6-3-7-15-37/h2-9,11-16,18-25,39-40H,10,17,26-30H2,1H3,(H,45,50)(H,47,51)(H2,46,48,53). The summed E-state index contributed by atoms with van der Waals surface area (Å²) in [7, 11) is -3.94. The van der Waals surface area contributed by atoms with Gasteiger partial charge in [-0.3, -0.25) is 9.59 Å². The van der Waals surface area contributed by atoms with Gasteiger partial charge >= 0.3 is 12.0 Å². The molecular formula is C44H45N5O8S. The van der Waals surface area contributed by atoms with E-state index in [1.807, 2.05) is 61.5 Å². The van der Waals surface area contributed by atoms with Crippen LogP contribution in [0.3, 0.4) is 0 Å². The number of hydrogen-bond donors (Lipinski definition) is 4. The lowest BCUT2D eigenvalue weighted by atomic mass is 10.1. The van der Waals surface area contributed by atoms with Crippen LogP contribution in [0.2, 0.25) is 0 Å². The Balaban J connectivity index is 1.00. The maximum atomic E-state index is 13.6. The number of hydrogen-bond acceptors (Lipinski definition) is 8. The summed E-state index contributed by atoms with van der Waals surface area (Å²) in [5.41, 5.74) is 4.31. The van der Waals surface area contributed by atoms with E-state index in [4.69, 9.17) is 9.47 Å². The van der Waals surface area contributed by atoms with Gasteiger partial charge in [-0.05, 0) is 91.1 Å². The molecule has 5 aromatic carbocycles. The summed E-state index contributed by atoms with van der Waals surface area (Å²) in [5, 5.41) is 11.2. The van der Waals surface area contributed by atoms with Crippen molar-refractivity contribution < 1.29 is 37.1 Å². The first kappa shape index (κ1) is 41.1. The van der Waals surface area contributed by atoms with Crippen molar-refractivity contribution in [3.8, 4) is 5.75 Å². The number of sulfonamides is 1. The molecule has 1 saturated heterocycles. The van der Waals surface area contributed by atoms with Crippen molar-refractivity contribution in [2.45, 2.75) is 56.2 Å². The topological polar surface area (TPSA) is 172 Å². The van der Waals surface area contributed by atoms with Crippen molar-refractivity contribution in [3.63, 3.8) is 0 Å². The molecule has 1 fully saturated rings. The molecule has 300 valence electrons. The molecule has 1 heterocycles. The monoisotopic (exact) mass is 803 g/mol. The average Bonchev–Trinajstić information content (AvgIpc) is 3.74. The molecule has 1 aliphatic rings. The molecule has 4 amide bonds. The second-order valence-electron chi connectivity index (χ2n) is 13.7. The summed E-state index contributed by atoms with van der Waals surface area (Å²) in [6.45, 7) is 2.10. The number of ether oxygens (including phenoxy) is 2. The van der Waals surface area contributed by atoms with Crippen LogP contribution in [0.5, 0.6) is 5.75 Å². The van der Waals surface area contributed by atoms with Crippen molar-refractivity contribution in [3.05, 3.63) is 150 Å². The normalized spacial score (nSPS) is 14.5. The van der Waals surface area contributed by atoms with Crippen LogP contribution in [-0.2, 0) is 42.2 Å². The number of aryl methyl sites for hydroxylation is 1. The van der Waals surface area contributed by atoms with Crippen molar-refractivity contribution in [2.75, 3.05) is 29.1 Å². The second-order valence-corrected chi connectivity index (χ2v) is 15.6. The number of nitrogens with one attached hydrogen (secondary N) is 4. The first-order valence-electron chi connectivity index (χ1n) is 18.9. The largest absolute Gasteiger partial charge is 0.493 e. The number of urea groups is 1. The van der Waals surface area contributed by atoms with Crippen LogP contribution < -0.4 is 26.0 Å². The van der Waals surface area contributed by atoms with Crippen LogP contribution >= 0.6 is 0 Å². The summed E-state index contributed by atoms with van der Waals surface area (Å²) in [5.74, 6) is -1.04. The van der Waals surface area contributed by atoms with Gasteiger partial charge in [0.1, 0.15) is 24.4 Å². The molecule has 0 radical (unpaired) electrons. The van der Waals surface area contributed by atoms with E-state index in [1.54, 1.807) is 66.7 Å². The maximum Gasteiger partial charge on any atom is 0.329 e. The Morgan fingerprint density at radius 2 is 1.38 bits per heavy atom. The Morgan fingerprint density at radius 3 is 2.09 bits per heavy atom. The van der Waals surface area contributed by atoms with Crippen LogP contribution in [0.15, 0.2) is 138 Å². The maximum absolute atomic E-state index is 13.6. The smallest absolute Gasteiger partial charge is 0.329 e. The van der Waals surface area contributed by atoms with Gasteiger partial charge in [0.15, 0.2) is 0 Å². The molecule has 14 heteroatoms. The fraction of sp³-hybridized carbons (Fsp3) is 0.227. The van der Waals surface area contributed by atoms with E-state index in [-0.39, 0.29) is 49.4 Å². The summed E-state index contributed by atoms with van der Waals surface area (Å²) < 4.78 is 39.5. The van der Waals surface area contributed by atoms with E-state index in [1.165, 1.54) is 16.4 Å². The van der Waals surface area contributed by atoms with Crippen LogP contribution in [0.25, 0.3) is 0 Å². The zero-order chi connectivity index (χ0) is 40.9. The average molecular weight is 804 g/mol. The molecule has 0 aliphatic carbocycles. The molecular weight excluding hydrogens is 759 g/mol. The molecule has 0 saturated carbocycles. The molecule has 4 N–H and O–H groups in total. The number of rotatable bonds is 16. The highest BCUT2D eigenvalue weighted by atomic mass is 32.2. The lowest BCUT2D eigenvalue weighted by Gasteiger charge is -2.25. The Kier molecular flexibility index (Phi) is 13.9. The highest BCUT2D eigenvalue weighted by Crippen LogP contribution is 2.27. The first-order chi connectivity index (χ1) is 28.0. The van der Waals surface area contributed by atoms with Gasteiger partial charge in [-0.15, -0.1) is 0 Å². The lowest BCUT2D eigenvalue weighted by Crippen LogP contribution is -2.51. The SMILES string of the molecule is Cc1ccccc1NC(=O)Nc1ccc(CC(=O)Nc2ccc(OCCC(NC(=O)C3CCCN3S(=O)(=O)c3ccccc3)C(=O)OCc3ccccc3)cc2)cc1. The number of carbonyl (C=O) groups excluding carboxylic acids is 4. The Morgan fingerprint density at radius 1 is 0.741 bits per heavy atom. The zero-order valence-corrected chi connectivity index (χ0v) is 32.7. The van der Waals surface area contributed by atoms with Crippen molar-refractivity contribution in [2.24, 2.45) is 0 Å². The van der Waals surface area contributed by atoms with Gasteiger partial charge in [0.25, 0.3) is 0 Å². The van der Waals surface area contributed by atoms with Crippen LogP contribution in [-0.4, -0.2) is 61.8 Å². The Labute approximate surface area is 337 Å². The lowest BCUT2D eigenvalue weighted by molar-refractivity contribution is -0.149. The second kappa shape index (κ2) is 19.6. The van der Waals surface area contributed by atoms with Crippen molar-refractivity contribution in [1.82, 2.24) is 9.62 Å². The fourth-order valence-corrected chi connectivity index (χ4v) is 8.06. The first-order valence-corrected chi connectivity index (χ1v) is 20.3. The number of anilines is 3. The summed E-state index contributed by atoms with van der Waals surface area (Å²) in [4.78, 5) is 52.3. The van der Waals surface area contributed by atoms with Gasteiger partial charge in [-0.1, -0.05) is 78.9 Å². The van der Waals surface area contributed by atoms with Crippen LogP contribution in [0.1, 0.15) is 36.0 Å². The zero-order valence-electron chi connectivity index (χ0n) is 31.9. The summed E-state index contributed by atoms with van der Waals surface area (Å²) in [6, 6.07) is 35.8. The van der Waals surface area contributed by atoms with E-state index < -0.39 is 34.0 Å². The minimum atomic E-state index is -3.94. The van der Waals surface area contributed by atoms with Gasteiger partial charge in [0, 0.05) is 30.0 Å². The van der Waals surface area contributed by atoms with Gasteiger partial charge in [-0.2, -0.15) is 4.31 Å². The van der Waals surface area contributed by atoms with Gasteiger partial charge in [0.05, 0.1) is 17.9 Å². The Hall–Kier alpha value is -6.51. The molecule has 0 spiro atoms. The summed E-state index contributed by atoms with van der Waals surface area (Å²) in [6.07, 6.45) is 0.955. The minimum Gasteiger partial charge on any atom is -0.493 e. The fourth-order valence-electron chi connectivity index (χ4n) is 6.39. The van der Waals surface area contributed by atoms with Gasteiger partial charge in [-0.25, -0.2) is 18.0 Å². The van der Waals surface area contributed by atoms with E-state index in [0.29, 0.717) is 35.7 Å². The third-order valence-corrected chi connectivity index (χ3v) is 11.4. The number of amides is 4. The molecule has 1 aliphatic heterocycles. The highest BCUT2D eigenvalue weighted by Gasteiger charge is 2.40. The molecule has 58 heavy (non-hydrogen) atoms. The van der Waals surface area contributed by atoms with Gasteiger partial charge < -0.3 is 30.7 Å².